The van der Waals surface area contributed by atoms with E-state index in [1.807, 2.05) is 51.1 Å². The van der Waals surface area contributed by atoms with Gasteiger partial charge in [0.2, 0.25) is 0 Å². The quantitative estimate of drug-likeness (QED) is 0.665. The third-order valence-electron chi connectivity index (χ3n) is 2.57. The molecule has 0 bridgehead atoms. The minimum absolute atomic E-state index is 0.175. The van der Waals surface area contributed by atoms with Gasteiger partial charge in [-0.1, -0.05) is 0 Å². The molecule has 90 valence electrons. The Labute approximate surface area is 97.5 Å². The fourth-order valence-electron chi connectivity index (χ4n) is 1.53. The summed E-state index contributed by atoms with van der Waals surface area (Å²) in [6.45, 7) is 2.35. The number of ketones is 1. The van der Waals surface area contributed by atoms with E-state index >= 15 is 0 Å². The highest BCUT2D eigenvalue weighted by atomic mass is 16.1. The van der Waals surface area contributed by atoms with Crippen LogP contribution in [0.1, 0.15) is 10.5 Å². The molecule has 1 aromatic rings. The molecule has 1 heterocycles. The van der Waals surface area contributed by atoms with Crippen molar-refractivity contribution in [2.24, 2.45) is 7.05 Å². The van der Waals surface area contributed by atoms with Gasteiger partial charge in [-0.25, -0.2) is 0 Å². The Bertz CT molecular complexity index is 344. The van der Waals surface area contributed by atoms with Crippen LogP contribution in [0.4, 0.5) is 0 Å². The van der Waals surface area contributed by atoms with Crippen molar-refractivity contribution in [3.8, 4) is 0 Å². The summed E-state index contributed by atoms with van der Waals surface area (Å²) in [5, 5.41) is 0. The smallest absolute Gasteiger partial charge is 0.193 e. The topological polar surface area (TPSA) is 28.5 Å². The molecule has 1 rings (SSSR count). The van der Waals surface area contributed by atoms with Gasteiger partial charge in [0.25, 0.3) is 0 Å². The average Bonchev–Trinajstić information content (AvgIpc) is 2.61. The lowest BCUT2D eigenvalue weighted by Gasteiger charge is -2.18. The SMILES string of the molecule is CN(C)CCN(C)CC(=O)c1cccn1C. The number of rotatable bonds is 6. The van der Waals surface area contributed by atoms with Crippen molar-refractivity contribution in [1.29, 1.82) is 0 Å². The molecular weight excluding hydrogens is 202 g/mol. The standard InChI is InChI=1S/C12H21N3O/c1-13(2)8-9-14(3)10-12(16)11-6-5-7-15(11)4/h5-7H,8-10H2,1-4H3. The molecule has 16 heavy (non-hydrogen) atoms. The zero-order chi connectivity index (χ0) is 12.1. The molecule has 0 unspecified atom stereocenters. The molecular formula is C12H21N3O. The highest BCUT2D eigenvalue weighted by Gasteiger charge is 2.11. The van der Waals surface area contributed by atoms with Gasteiger partial charge in [-0.2, -0.15) is 0 Å². The van der Waals surface area contributed by atoms with E-state index in [4.69, 9.17) is 0 Å². The van der Waals surface area contributed by atoms with Crippen LogP contribution in [-0.4, -0.2) is 60.9 Å². The second-order valence-electron chi connectivity index (χ2n) is 4.47. The van der Waals surface area contributed by atoms with Gasteiger partial charge in [-0.05, 0) is 33.3 Å². The third kappa shape index (κ3) is 3.79. The number of aromatic nitrogens is 1. The number of carbonyl (C=O) groups excluding carboxylic acids is 1. The number of nitrogens with zero attached hydrogens (tertiary/aromatic N) is 3. The van der Waals surface area contributed by atoms with Gasteiger partial charge >= 0.3 is 0 Å². The average molecular weight is 223 g/mol. The molecule has 0 aliphatic heterocycles. The van der Waals surface area contributed by atoms with E-state index in [9.17, 15) is 4.79 Å². The van der Waals surface area contributed by atoms with Crippen LogP contribution in [0, 0.1) is 0 Å². The zero-order valence-electron chi connectivity index (χ0n) is 10.6. The summed E-state index contributed by atoms with van der Waals surface area (Å²) in [5.74, 6) is 0.175. The van der Waals surface area contributed by atoms with E-state index in [-0.39, 0.29) is 5.78 Å². The molecule has 0 aliphatic rings. The molecule has 0 saturated carbocycles. The van der Waals surface area contributed by atoms with Gasteiger partial charge in [0.05, 0.1) is 12.2 Å². The van der Waals surface area contributed by atoms with Gasteiger partial charge in [0.1, 0.15) is 0 Å². The van der Waals surface area contributed by atoms with Crippen molar-refractivity contribution in [2.75, 3.05) is 40.8 Å². The Balaban J connectivity index is 2.43. The van der Waals surface area contributed by atoms with Crippen molar-refractivity contribution >= 4 is 5.78 Å². The maximum atomic E-state index is 11.9. The summed E-state index contributed by atoms with van der Waals surface area (Å²) in [5.41, 5.74) is 0.775. The molecule has 4 heteroatoms. The van der Waals surface area contributed by atoms with Gasteiger partial charge in [-0.15, -0.1) is 0 Å². The lowest BCUT2D eigenvalue weighted by atomic mass is 10.2. The Morgan fingerprint density at radius 3 is 2.50 bits per heavy atom. The zero-order valence-corrected chi connectivity index (χ0v) is 10.6. The monoisotopic (exact) mass is 223 g/mol. The number of hydrogen-bond donors (Lipinski definition) is 0. The van der Waals surface area contributed by atoms with Crippen LogP contribution in [0.2, 0.25) is 0 Å². The molecule has 0 spiro atoms. The van der Waals surface area contributed by atoms with Crippen molar-refractivity contribution in [2.45, 2.75) is 0 Å². The number of aryl methyl sites for hydroxylation is 1. The maximum Gasteiger partial charge on any atom is 0.193 e. The first-order chi connectivity index (χ1) is 7.50. The van der Waals surface area contributed by atoms with E-state index < -0.39 is 0 Å². The van der Waals surface area contributed by atoms with Gasteiger partial charge in [0, 0.05) is 26.3 Å². The van der Waals surface area contributed by atoms with Crippen LogP contribution in [0.3, 0.4) is 0 Å². The Morgan fingerprint density at radius 1 is 1.31 bits per heavy atom. The lowest BCUT2D eigenvalue weighted by Crippen LogP contribution is -2.33. The lowest BCUT2D eigenvalue weighted by molar-refractivity contribution is 0.0934. The maximum absolute atomic E-state index is 11.9. The summed E-state index contributed by atoms with van der Waals surface area (Å²) in [7, 11) is 7.94. The van der Waals surface area contributed by atoms with Crippen molar-refractivity contribution in [1.82, 2.24) is 14.4 Å². The summed E-state index contributed by atoms with van der Waals surface area (Å²) in [6.07, 6.45) is 1.90. The minimum Gasteiger partial charge on any atom is -0.348 e. The van der Waals surface area contributed by atoms with Gasteiger partial charge < -0.3 is 9.47 Å². The van der Waals surface area contributed by atoms with E-state index in [0.29, 0.717) is 6.54 Å². The van der Waals surface area contributed by atoms with Crippen molar-refractivity contribution in [3.05, 3.63) is 24.0 Å². The van der Waals surface area contributed by atoms with Crippen molar-refractivity contribution in [3.63, 3.8) is 0 Å². The van der Waals surface area contributed by atoms with E-state index in [1.165, 1.54) is 0 Å². The number of likely N-dealkylation sites (N-methyl/N-ethyl adjacent to an activating group) is 2. The van der Waals surface area contributed by atoms with E-state index in [2.05, 4.69) is 9.80 Å². The molecule has 4 nitrogen and oxygen atoms in total. The fraction of sp³-hybridized carbons (Fsp3) is 0.583. The van der Waals surface area contributed by atoms with Crippen LogP contribution in [0.5, 0.6) is 0 Å². The molecule has 0 fully saturated rings. The third-order valence-corrected chi connectivity index (χ3v) is 2.57. The first kappa shape index (κ1) is 12.9. The molecule has 0 radical (unpaired) electrons. The molecule has 0 atom stereocenters. The first-order valence-electron chi connectivity index (χ1n) is 5.48. The van der Waals surface area contributed by atoms with Crippen molar-refractivity contribution < 1.29 is 4.79 Å². The van der Waals surface area contributed by atoms with E-state index in [1.54, 1.807) is 0 Å². The number of Topliss-reactive ketones (excluding diaryl/α,β-unsaturated/α-hetero) is 1. The second kappa shape index (κ2) is 5.82. The van der Waals surface area contributed by atoms with Crippen LogP contribution < -0.4 is 0 Å². The van der Waals surface area contributed by atoms with Crippen LogP contribution in [-0.2, 0) is 7.05 Å². The van der Waals surface area contributed by atoms with Crippen LogP contribution >= 0.6 is 0 Å². The highest BCUT2D eigenvalue weighted by Crippen LogP contribution is 2.01. The molecule has 0 aliphatic carbocycles. The van der Waals surface area contributed by atoms with Gasteiger partial charge in [0.15, 0.2) is 5.78 Å². The Morgan fingerprint density at radius 2 is 2.00 bits per heavy atom. The largest absolute Gasteiger partial charge is 0.348 e. The second-order valence-corrected chi connectivity index (χ2v) is 4.47. The Hall–Kier alpha value is -1.13. The number of hydrogen-bond acceptors (Lipinski definition) is 3. The molecule has 1 aromatic heterocycles. The van der Waals surface area contributed by atoms with Gasteiger partial charge in [-0.3, -0.25) is 9.69 Å². The van der Waals surface area contributed by atoms with E-state index in [0.717, 1.165) is 18.8 Å². The number of carbonyl (C=O) groups is 1. The summed E-state index contributed by atoms with van der Waals surface area (Å²) in [6, 6.07) is 3.76. The predicted molar refractivity (Wildman–Crippen MR) is 65.8 cm³/mol. The summed E-state index contributed by atoms with van der Waals surface area (Å²) >= 11 is 0. The molecule has 0 N–H and O–H groups in total. The van der Waals surface area contributed by atoms with Crippen LogP contribution in [0.25, 0.3) is 0 Å². The molecule has 0 saturated heterocycles. The molecule has 0 aromatic carbocycles. The molecule has 0 amide bonds. The summed E-state index contributed by atoms with van der Waals surface area (Å²) < 4.78 is 1.86. The fourth-order valence-corrected chi connectivity index (χ4v) is 1.53. The Kier molecular flexibility index (Phi) is 4.71. The minimum atomic E-state index is 0.175. The normalized spacial score (nSPS) is 11.4. The first-order valence-corrected chi connectivity index (χ1v) is 5.48. The predicted octanol–water partition coefficient (Wildman–Crippen LogP) is 0.701. The van der Waals surface area contributed by atoms with Crippen LogP contribution in [0.15, 0.2) is 18.3 Å². The highest BCUT2D eigenvalue weighted by molar-refractivity contribution is 5.96. The summed E-state index contributed by atoms with van der Waals surface area (Å²) in [4.78, 5) is 16.1.